The van der Waals surface area contributed by atoms with Crippen LogP contribution >= 0.6 is 0 Å². The number of rotatable bonds is 11. The van der Waals surface area contributed by atoms with Crippen LogP contribution in [-0.2, 0) is 13.0 Å². The van der Waals surface area contributed by atoms with Crippen molar-refractivity contribution >= 4 is 35.0 Å². The monoisotopic (exact) mass is 737 g/mol. The third-order valence-corrected chi connectivity index (χ3v) is 9.19. The maximum Gasteiger partial charge on any atom is 0.287 e. The molecule has 0 aliphatic carbocycles. The second kappa shape index (κ2) is 14.3. The van der Waals surface area contributed by atoms with Crippen molar-refractivity contribution in [3.05, 3.63) is 154 Å². The van der Waals surface area contributed by atoms with Gasteiger partial charge in [-0.15, -0.1) is 5.10 Å². The topological polar surface area (TPSA) is 170 Å². The Labute approximate surface area is 312 Å². The lowest BCUT2D eigenvalue weighted by atomic mass is 10.0. The van der Waals surface area contributed by atoms with Crippen molar-refractivity contribution in [3.8, 4) is 11.3 Å². The zero-order valence-corrected chi connectivity index (χ0v) is 29.6. The molecule has 0 saturated carbocycles. The van der Waals surface area contributed by atoms with E-state index in [4.69, 9.17) is 4.42 Å². The van der Waals surface area contributed by atoms with E-state index >= 15 is 0 Å². The number of carbonyl (C=O) groups is 4. The minimum atomic E-state index is -0.751. The van der Waals surface area contributed by atoms with Crippen LogP contribution in [0.2, 0.25) is 0 Å². The zero-order chi connectivity index (χ0) is 38.2. The van der Waals surface area contributed by atoms with Crippen LogP contribution in [-0.4, -0.2) is 70.7 Å². The number of hydrogen-bond donors (Lipinski definition) is 2. The number of nitrogens with one attached hydrogen (secondary N) is 2. The molecule has 1 aliphatic rings. The molecule has 1 aliphatic heterocycles. The fraction of sp³-hybridized carbons (Fsp3) is 0.150. The van der Waals surface area contributed by atoms with Crippen LogP contribution < -0.4 is 10.6 Å². The van der Waals surface area contributed by atoms with E-state index in [9.17, 15) is 23.6 Å². The van der Waals surface area contributed by atoms with Crippen molar-refractivity contribution in [2.45, 2.75) is 32.9 Å². The Morgan fingerprint density at radius 3 is 2.40 bits per heavy atom. The molecule has 0 unspecified atom stereocenters. The average molecular weight is 738 g/mol. The molecule has 4 amide bonds. The third kappa shape index (κ3) is 7.10. The molecular weight excluding hydrogens is 705 g/mol. The van der Waals surface area contributed by atoms with Crippen LogP contribution in [0.15, 0.2) is 108 Å². The summed E-state index contributed by atoms with van der Waals surface area (Å²) >= 11 is 0. The summed E-state index contributed by atoms with van der Waals surface area (Å²) < 4.78 is 23.1. The lowest BCUT2D eigenvalue weighted by Crippen LogP contribution is -2.46. The molecule has 55 heavy (non-hydrogen) atoms. The minimum Gasteiger partial charge on any atom is -0.454 e. The van der Waals surface area contributed by atoms with Gasteiger partial charge in [-0.1, -0.05) is 41.6 Å². The van der Waals surface area contributed by atoms with E-state index in [1.54, 1.807) is 70.0 Å². The Morgan fingerprint density at radius 1 is 0.891 bits per heavy atom. The second-order valence-corrected chi connectivity index (χ2v) is 13.2. The van der Waals surface area contributed by atoms with Crippen LogP contribution in [0.1, 0.15) is 64.3 Å². The smallest absolute Gasteiger partial charge is 0.287 e. The molecule has 0 spiro atoms. The number of benzene rings is 3. The summed E-state index contributed by atoms with van der Waals surface area (Å²) in [5.74, 6) is -1.84. The number of anilines is 1. The summed E-state index contributed by atoms with van der Waals surface area (Å²) in [6.45, 7) is 3.81. The highest BCUT2D eigenvalue weighted by Gasteiger charge is 2.37. The average Bonchev–Trinajstić information content (AvgIpc) is 3.97. The van der Waals surface area contributed by atoms with Gasteiger partial charge in [-0.3, -0.25) is 24.1 Å². The van der Waals surface area contributed by atoms with Gasteiger partial charge in [0.05, 0.1) is 29.6 Å². The normalized spacial score (nSPS) is 13.0. The molecule has 3 aromatic carbocycles. The molecule has 4 aromatic heterocycles. The fourth-order valence-corrected chi connectivity index (χ4v) is 6.60. The molecule has 0 bridgehead atoms. The molecule has 274 valence electrons. The Balaban J connectivity index is 0.913. The maximum absolute atomic E-state index is 14.0. The van der Waals surface area contributed by atoms with Gasteiger partial charge in [0.25, 0.3) is 23.6 Å². The molecule has 0 radical (unpaired) electrons. The second-order valence-electron chi connectivity index (χ2n) is 13.2. The number of carbonyl (C=O) groups excluding carboxylic acids is 4. The van der Waals surface area contributed by atoms with Crippen molar-refractivity contribution in [1.82, 2.24) is 39.8 Å². The van der Waals surface area contributed by atoms with Crippen molar-refractivity contribution < 1.29 is 28.0 Å². The maximum atomic E-state index is 14.0. The molecule has 5 heterocycles. The third-order valence-electron chi connectivity index (χ3n) is 9.19. The fourth-order valence-electron chi connectivity index (χ4n) is 6.60. The van der Waals surface area contributed by atoms with Gasteiger partial charge in [-0.2, -0.15) is 5.10 Å². The van der Waals surface area contributed by atoms with Crippen LogP contribution in [0.25, 0.3) is 16.9 Å². The van der Waals surface area contributed by atoms with Gasteiger partial charge in [-0.25, -0.2) is 18.6 Å². The summed E-state index contributed by atoms with van der Waals surface area (Å²) in [6, 6.07) is 23.9. The highest BCUT2D eigenvalue weighted by atomic mass is 19.1. The van der Waals surface area contributed by atoms with E-state index in [0.29, 0.717) is 45.0 Å². The molecule has 0 fully saturated rings. The standard InChI is InChI=1S/C40H32FN9O5/c1-23-16-24(2)50-36(43-23)33(19-42-50)37(51)44-28-12-10-26(11-13-28)34-22-48(47-46-34)21-30-14-15-35(55-30)38(52)45-29(18-25-6-5-7-27(41)17-25)20-49-39(53)31-8-3-4-9-32(31)40(49)54/h3-17,19,22,29H,18,20-21H2,1-2H3,(H,44,51)(H,45,52)/t29-/m0/s1. The van der Waals surface area contributed by atoms with Gasteiger partial charge < -0.3 is 15.1 Å². The largest absolute Gasteiger partial charge is 0.454 e. The van der Waals surface area contributed by atoms with Crippen LogP contribution in [0.4, 0.5) is 10.1 Å². The molecular formula is C40H32FN9O5. The molecule has 0 saturated heterocycles. The Hall–Kier alpha value is -7.29. The Bertz CT molecular complexity index is 2590. The highest BCUT2D eigenvalue weighted by molar-refractivity contribution is 6.21. The SMILES string of the molecule is Cc1cc(C)n2ncc(C(=O)Nc3ccc(-c4cn(Cc5ccc(C(=O)N[C@@H](Cc6cccc(F)c6)CN6C(=O)c7ccccc7C6=O)o5)nn4)cc3)c2n1. The molecule has 7 aromatic rings. The van der Waals surface area contributed by atoms with E-state index in [0.717, 1.165) is 21.9 Å². The molecule has 15 heteroatoms. The number of amides is 4. The van der Waals surface area contributed by atoms with Gasteiger partial charge in [0.2, 0.25) is 0 Å². The van der Waals surface area contributed by atoms with Crippen LogP contribution in [0.3, 0.4) is 0 Å². The Kier molecular flexibility index (Phi) is 9.02. The van der Waals surface area contributed by atoms with Gasteiger partial charge in [0.15, 0.2) is 11.4 Å². The minimum absolute atomic E-state index is 0.00440. The van der Waals surface area contributed by atoms with Gasteiger partial charge in [0.1, 0.15) is 29.4 Å². The molecule has 1 atom stereocenters. The molecule has 2 N–H and O–H groups in total. The van der Waals surface area contributed by atoms with E-state index < -0.39 is 29.6 Å². The number of nitrogens with zero attached hydrogens (tertiary/aromatic N) is 7. The summed E-state index contributed by atoms with van der Waals surface area (Å²) in [5.41, 5.74) is 5.58. The number of halogens is 1. The van der Waals surface area contributed by atoms with Crippen molar-refractivity contribution in [3.63, 3.8) is 0 Å². The van der Waals surface area contributed by atoms with E-state index in [-0.39, 0.29) is 31.2 Å². The lowest BCUT2D eigenvalue weighted by Gasteiger charge is -2.23. The number of furan rings is 1. The first kappa shape index (κ1) is 34.8. The number of fused-ring (bicyclic) bond motifs is 2. The summed E-state index contributed by atoms with van der Waals surface area (Å²) in [4.78, 5) is 58.3. The van der Waals surface area contributed by atoms with E-state index in [1.807, 2.05) is 32.0 Å². The van der Waals surface area contributed by atoms with Crippen molar-refractivity contribution in [1.29, 1.82) is 0 Å². The quantitative estimate of drug-likeness (QED) is 0.168. The lowest BCUT2D eigenvalue weighted by molar-refractivity contribution is 0.0627. The number of imide groups is 1. The predicted molar refractivity (Wildman–Crippen MR) is 197 cm³/mol. The number of aryl methyl sites for hydroxylation is 2. The van der Waals surface area contributed by atoms with E-state index in [1.165, 1.54) is 24.4 Å². The predicted octanol–water partition coefficient (Wildman–Crippen LogP) is 5.27. The Morgan fingerprint density at radius 2 is 1.65 bits per heavy atom. The molecule has 14 nitrogen and oxygen atoms in total. The van der Waals surface area contributed by atoms with Gasteiger partial charge in [-0.05, 0) is 80.4 Å². The van der Waals surface area contributed by atoms with Crippen molar-refractivity contribution in [2.24, 2.45) is 0 Å². The summed E-state index contributed by atoms with van der Waals surface area (Å²) in [7, 11) is 0. The first-order chi connectivity index (χ1) is 26.6. The first-order valence-electron chi connectivity index (χ1n) is 17.3. The van der Waals surface area contributed by atoms with Crippen LogP contribution in [0.5, 0.6) is 0 Å². The van der Waals surface area contributed by atoms with E-state index in [2.05, 4.69) is 31.0 Å². The molecule has 8 rings (SSSR count). The van der Waals surface area contributed by atoms with Crippen LogP contribution in [0, 0.1) is 19.7 Å². The first-order valence-corrected chi connectivity index (χ1v) is 17.3. The van der Waals surface area contributed by atoms with Gasteiger partial charge in [0, 0.05) is 29.2 Å². The zero-order valence-electron chi connectivity index (χ0n) is 29.6. The summed E-state index contributed by atoms with van der Waals surface area (Å²) in [6.07, 6.45) is 3.37. The highest BCUT2D eigenvalue weighted by Crippen LogP contribution is 2.24. The summed E-state index contributed by atoms with van der Waals surface area (Å²) in [5, 5.41) is 18.5. The number of hydrogen-bond acceptors (Lipinski definition) is 9. The van der Waals surface area contributed by atoms with Gasteiger partial charge >= 0.3 is 0 Å². The number of aromatic nitrogens is 6. The van der Waals surface area contributed by atoms with Crippen molar-refractivity contribution in [2.75, 3.05) is 11.9 Å².